The average Bonchev–Trinajstić information content (AvgIpc) is 2.92. The lowest BCUT2D eigenvalue weighted by Gasteiger charge is -2.16. The van der Waals surface area contributed by atoms with Gasteiger partial charge in [-0.05, 0) is 31.5 Å². The predicted molar refractivity (Wildman–Crippen MR) is 87.6 cm³/mol. The Morgan fingerprint density at radius 1 is 1.40 bits per heavy atom. The highest BCUT2D eigenvalue weighted by Gasteiger charge is 2.25. The molecule has 0 radical (unpaired) electrons. The Bertz CT molecular complexity index is 402. The van der Waals surface area contributed by atoms with Crippen molar-refractivity contribution in [3.63, 3.8) is 0 Å². The number of benzene rings is 1. The Kier molecular flexibility index (Phi) is 8.04. The number of carbonyl (C=O) groups excluding carboxylic acids is 1. The molecular weight excluding hydrogens is 292 g/mol. The van der Waals surface area contributed by atoms with E-state index < -0.39 is 0 Å². The van der Waals surface area contributed by atoms with Crippen molar-refractivity contribution in [2.45, 2.75) is 17.7 Å². The lowest BCUT2D eigenvalue weighted by Crippen LogP contribution is -2.31. The zero-order chi connectivity index (χ0) is 13.5. The topological polar surface area (TPSA) is 32.3 Å². The maximum Gasteiger partial charge on any atom is 0.223 e. The summed E-state index contributed by atoms with van der Waals surface area (Å²) in [5, 5.41) is 3.03. The van der Waals surface area contributed by atoms with Gasteiger partial charge in [0.1, 0.15) is 0 Å². The van der Waals surface area contributed by atoms with E-state index in [1.807, 2.05) is 29.8 Å². The Morgan fingerprint density at radius 2 is 2.15 bits per heavy atom. The Morgan fingerprint density at radius 3 is 2.85 bits per heavy atom. The van der Waals surface area contributed by atoms with Crippen molar-refractivity contribution < 1.29 is 4.79 Å². The summed E-state index contributed by atoms with van der Waals surface area (Å²) < 4.78 is 0. The molecule has 0 spiro atoms. The molecule has 1 aliphatic heterocycles. The molecule has 20 heavy (non-hydrogen) atoms. The van der Waals surface area contributed by atoms with Crippen LogP contribution in [0.15, 0.2) is 35.2 Å². The van der Waals surface area contributed by atoms with Crippen LogP contribution in [0.25, 0.3) is 0 Å². The van der Waals surface area contributed by atoms with E-state index in [-0.39, 0.29) is 12.4 Å². The molecule has 3 nitrogen and oxygen atoms in total. The molecule has 1 aromatic rings. The van der Waals surface area contributed by atoms with Crippen LogP contribution in [0.3, 0.4) is 0 Å². The molecule has 0 aliphatic carbocycles. The van der Waals surface area contributed by atoms with Gasteiger partial charge in [0.25, 0.3) is 0 Å². The maximum absolute atomic E-state index is 11.9. The smallest absolute Gasteiger partial charge is 0.223 e. The molecule has 1 saturated heterocycles. The molecule has 0 bridgehead atoms. The first-order valence-electron chi connectivity index (χ1n) is 6.90. The molecule has 1 unspecified atom stereocenters. The van der Waals surface area contributed by atoms with Crippen molar-refractivity contribution >= 4 is 30.1 Å². The van der Waals surface area contributed by atoms with Gasteiger partial charge >= 0.3 is 0 Å². The van der Waals surface area contributed by atoms with Crippen molar-refractivity contribution in [3.8, 4) is 0 Å². The van der Waals surface area contributed by atoms with Crippen LogP contribution >= 0.6 is 24.2 Å². The number of nitrogens with one attached hydrogen (secondary N) is 1. The summed E-state index contributed by atoms with van der Waals surface area (Å²) in [6, 6.07) is 10.5. The number of halogens is 1. The number of carbonyl (C=O) groups is 1. The number of amides is 1. The molecule has 5 heteroatoms. The molecule has 1 N–H and O–H groups in total. The van der Waals surface area contributed by atoms with Crippen molar-refractivity contribution in [2.75, 3.05) is 32.4 Å². The average molecular weight is 315 g/mol. The summed E-state index contributed by atoms with van der Waals surface area (Å²) in [7, 11) is 1.89. The molecule has 2 rings (SSSR count). The minimum absolute atomic E-state index is 0. The fourth-order valence-corrected chi connectivity index (χ4v) is 3.37. The molecule has 1 fully saturated rings. The van der Waals surface area contributed by atoms with Gasteiger partial charge in [-0.2, -0.15) is 0 Å². The van der Waals surface area contributed by atoms with E-state index in [9.17, 15) is 4.79 Å². The van der Waals surface area contributed by atoms with Gasteiger partial charge in [-0.25, -0.2) is 0 Å². The second-order valence-electron chi connectivity index (χ2n) is 4.97. The second kappa shape index (κ2) is 9.27. The van der Waals surface area contributed by atoms with Crippen LogP contribution in [-0.4, -0.2) is 43.2 Å². The van der Waals surface area contributed by atoms with Crippen molar-refractivity contribution in [2.24, 2.45) is 5.92 Å². The van der Waals surface area contributed by atoms with Crippen molar-refractivity contribution in [3.05, 3.63) is 30.3 Å². The SMILES string of the molecule is CNCCC(=O)N1CCC(CSc2ccccc2)C1.Cl. The minimum atomic E-state index is 0. The largest absolute Gasteiger partial charge is 0.342 e. The molecule has 1 aromatic carbocycles. The third-order valence-corrected chi connectivity index (χ3v) is 4.70. The number of likely N-dealkylation sites (tertiary alicyclic amines) is 1. The van der Waals surface area contributed by atoms with Gasteiger partial charge in [0.2, 0.25) is 5.91 Å². The van der Waals surface area contributed by atoms with Crippen LogP contribution in [0.4, 0.5) is 0 Å². The van der Waals surface area contributed by atoms with Gasteiger partial charge in [-0.3, -0.25) is 4.79 Å². The predicted octanol–water partition coefficient (Wildman–Crippen LogP) is 2.66. The zero-order valence-corrected chi connectivity index (χ0v) is 13.5. The summed E-state index contributed by atoms with van der Waals surface area (Å²) in [4.78, 5) is 15.2. The van der Waals surface area contributed by atoms with Crippen LogP contribution < -0.4 is 5.32 Å². The fourth-order valence-electron chi connectivity index (χ4n) is 2.32. The van der Waals surface area contributed by atoms with Gasteiger partial charge < -0.3 is 10.2 Å². The number of nitrogens with zero attached hydrogens (tertiary/aromatic N) is 1. The molecule has 1 amide bonds. The molecule has 0 saturated carbocycles. The van der Waals surface area contributed by atoms with Gasteiger partial charge in [0.05, 0.1) is 0 Å². The van der Waals surface area contributed by atoms with E-state index in [1.54, 1.807) is 0 Å². The first kappa shape index (κ1) is 17.3. The normalized spacial score (nSPS) is 17.9. The van der Waals surface area contributed by atoms with E-state index in [1.165, 1.54) is 4.90 Å². The minimum Gasteiger partial charge on any atom is -0.342 e. The number of rotatable bonds is 6. The standard InChI is InChI=1S/C15H22N2OS.ClH/c1-16-9-7-15(18)17-10-8-13(11-17)12-19-14-5-3-2-4-6-14;/h2-6,13,16H,7-12H2,1H3;1H. The summed E-state index contributed by atoms with van der Waals surface area (Å²) >= 11 is 1.90. The lowest BCUT2D eigenvalue weighted by molar-refractivity contribution is -0.130. The van der Waals surface area contributed by atoms with E-state index in [0.717, 1.165) is 31.8 Å². The summed E-state index contributed by atoms with van der Waals surface area (Å²) in [6.45, 7) is 2.64. The van der Waals surface area contributed by atoms with Gasteiger partial charge in [-0.1, -0.05) is 18.2 Å². The van der Waals surface area contributed by atoms with E-state index in [0.29, 0.717) is 18.2 Å². The maximum atomic E-state index is 11.9. The lowest BCUT2D eigenvalue weighted by atomic mass is 10.2. The van der Waals surface area contributed by atoms with Crippen molar-refractivity contribution in [1.29, 1.82) is 0 Å². The monoisotopic (exact) mass is 314 g/mol. The third kappa shape index (κ3) is 5.35. The van der Waals surface area contributed by atoms with Crippen LogP contribution in [-0.2, 0) is 4.79 Å². The van der Waals surface area contributed by atoms with E-state index >= 15 is 0 Å². The van der Waals surface area contributed by atoms with Gasteiger partial charge in [-0.15, -0.1) is 24.2 Å². The molecular formula is C15H23ClN2OS. The highest BCUT2D eigenvalue weighted by molar-refractivity contribution is 7.99. The first-order valence-corrected chi connectivity index (χ1v) is 7.88. The quantitative estimate of drug-likeness (QED) is 0.819. The fraction of sp³-hybridized carbons (Fsp3) is 0.533. The number of hydrogen-bond donors (Lipinski definition) is 1. The highest BCUT2D eigenvalue weighted by Crippen LogP contribution is 2.25. The zero-order valence-electron chi connectivity index (χ0n) is 11.9. The second-order valence-corrected chi connectivity index (χ2v) is 6.07. The first-order chi connectivity index (χ1) is 9.29. The van der Waals surface area contributed by atoms with Crippen molar-refractivity contribution in [1.82, 2.24) is 10.2 Å². The molecule has 1 heterocycles. The molecule has 112 valence electrons. The Hall–Kier alpha value is -0.710. The van der Waals surface area contributed by atoms with Gasteiger partial charge in [0, 0.05) is 36.7 Å². The van der Waals surface area contributed by atoms with Crippen LogP contribution in [0.5, 0.6) is 0 Å². The van der Waals surface area contributed by atoms with Crippen LogP contribution in [0, 0.1) is 5.92 Å². The number of hydrogen-bond acceptors (Lipinski definition) is 3. The third-order valence-electron chi connectivity index (χ3n) is 3.46. The molecule has 0 aromatic heterocycles. The Balaban J connectivity index is 0.00000200. The summed E-state index contributed by atoms with van der Waals surface area (Å²) in [5.41, 5.74) is 0. The van der Waals surface area contributed by atoms with E-state index in [4.69, 9.17) is 0 Å². The highest BCUT2D eigenvalue weighted by atomic mass is 35.5. The summed E-state index contributed by atoms with van der Waals surface area (Å²) in [6.07, 6.45) is 1.76. The van der Waals surface area contributed by atoms with Crippen LogP contribution in [0.1, 0.15) is 12.8 Å². The molecule has 1 aliphatic rings. The van der Waals surface area contributed by atoms with Gasteiger partial charge in [0.15, 0.2) is 0 Å². The molecule has 1 atom stereocenters. The number of thioether (sulfide) groups is 1. The summed E-state index contributed by atoms with van der Waals surface area (Å²) in [5.74, 6) is 2.05. The Labute approximate surface area is 131 Å². The van der Waals surface area contributed by atoms with E-state index in [2.05, 4.69) is 29.6 Å². The van der Waals surface area contributed by atoms with Crippen LogP contribution in [0.2, 0.25) is 0 Å².